The molecule has 2 aromatic heterocycles. The van der Waals surface area contributed by atoms with E-state index >= 15 is 0 Å². The molecule has 1 aromatic carbocycles. The number of nitrogens with zero attached hydrogens (tertiary/aromatic N) is 3. The summed E-state index contributed by atoms with van der Waals surface area (Å²) in [5.41, 5.74) is 2.29. The number of aromatic amines is 1. The number of aromatic hydroxyl groups is 1. The standard InChI is InChI=1S/C16H17N5O2S/c1-8(2)15-20-21-16(24-15)17-14(23)12-7-11(18-19-12)10-5-4-9(3)6-13(10)22/h4-8,22H,1-3H3,(H,18,19)(H,17,21,23). The molecule has 0 unspecified atom stereocenters. The van der Waals surface area contributed by atoms with Crippen LogP contribution in [0.1, 0.15) is 40.8 Å². The minimum Gasteiger partial charge on any atom is -0.507 e. The number of nitrogens with one attached hydrogen (secondary N) is 2. The second-order valence-corrected chi connectivity index (χ2v) is 6.75. The first-order valence-electron chi connectivity index (χ1n) is 7.44. The van der Waals surface area contributed by atoms with Crippen molar-refractivity contribution in [3.05, 3.63) is 40.5 Å². The number of aryl methyl sites for hydroxylation is 1. The number of aromatic nitrogens is 4. The van der Waals surface area contributed by atoms with Gasteiger partial charge in [-0.05, 0) is 30.7 Å². The molecule has 0 atom stereocenters. The number of amides is 1. The molecule has 3 aromatic rings. The molecular weight excluding hydrogens is 326 g/mol. The van der Waals surface area contributed by atoms with Crippen LogP contribution >= 0.6 is 11.3 Å². The summed E-state index contributed by atoms with van der Waals surface area (Å²) >= 11 is 1.34. The summed E-state index contributed by atoms with van der Waals surface area (Å²) in [4.78, 5) is 12.3. The van der Waals surface area contributed by atoms with Crippen molar-refractivity contribution in [3.8, 4) is 17.0 Å². The van der Waals surface area contributed by atoms with Crippen LogP contribution in [0.5, 0.6) is 5.75 Å². The van der Waals surface area contributed by atoms with Gasteiger partial charge in [0.25, 0.3) is 5.91 Å². The lowest BCUT2D eigenvalue weighted by molar-refractivity contribution is 0.102. The van der Waals surface area contributed by atoms with Crippen molar-refractivity contribution in [3.63, 3.8) is 0 Å². The number of hydrogen-bond donors (Lipinski definition) is 3. The van der Waals surface area contributed by atoms with Gasteiger partial charge in [-0.1, -0.05) is 31.3 Å². The minimum absolute atomic E-state index is 0.124. The molecule has 0 aliphatic rings. The molecule has 0 saturated carbocycles. The number of carbonyl (C=O) groups is 1. The molecule has 124 valence electrons. The third-order valence-electron chi connectivity index (χ3n) is 3.41. The highest BCUT2D eigenvalue weighted by Crippen LogP contribution is 2.29. The van der Waals surface area contributed by atoms with Crippen molar-refractivity contribution in [2.24, 2.45) is 0 Å². The predicted octanol–water partition coefficient (Wildman–Crippen LogP) is 3.32. The van der Waals surface area contributed by atoms with Gasteiger partial charge in [-0.2, -0.15) is 5.10 Å². The summed E-state index contributed by atoms with van der Waals surface area (Å²) in [7, 11) is 0. The maximum atomic E-state index is 12.3. The van der Waals surface area contributed by atoms with Crippen LogP contribution in [0.15, 0.2) is 24.3 Å². The normalized spacial score (nSPS) is 11.0. The van der Waals surface area contributed by atoms with Crippen LogP contribution in [0.25, 0.3) is 11.3 Å². The molecule has 24 heavy (non-hydrogen) atoms. The van der Waals surface area contributed by atoms with Crippen LogP contribution in [0, 0.1) is 6.92 Å². The van der Waals surface area contributed by atoms with Gasteiger partial charge in [0.05, 0.1) is 5.69 Å². The highest BCUT2D eigenvalue weighted by molar-refractivity contribution is 7.15. The molecule has 3 N–H and O–H groups in total. The second kappa shape index (κ2) is 6.40. The lowest BCUT2D eigenvalue weighted by Gasteiger charge is -2.01. The third kappa shape index (κ3) is 3.28. The molecule has 0 spiro atoms. The Morgan fingerprint density at radius 3 is 2.75 bits per heavy atom. The summed E-state index contributed by atoms with van der Waals surface area (Å²) in [6.45, 7) is 5.92. The van der Waals surface area contributed by atoms with Crippen molar-refractivity contribution in [1.29, 1.82) is 0 Å². The van der Waals surface area contributed by atoms with E-state index < -0.39 is 0 Å². The summed E-state index contributed by atoms with van der Waals surface area (Å²) < 4.78 is 0. The van der Waals surface area contributed by atoms with E-state index in [-0.39, 0.29) is 23.3 Å². The average Bonchev–Trinajstić information content (AvgIpc) is 3.16. The Hall–Kier alpha value is -2.74. The first-order chi connectivity index (χ1) is 11.4. The fourth-order valence-electron chi connectivity index (χ4n) is 2.12. The molecule has 0 saturated heterocycles. The minimum atomic E-state index is -0.355. The van der Waals surface area contributed by atoms with E-state index in [1.807, 2.05) is 26.8 Å². The summed E-state index contributed by atoms with van der Waals surface area (Å²) in [5, 5.41) is 28.8. The average molecular weight is 343 g/mol. The zero-order chi connectivity index (χ0) is 17.3. The molecule has 0 aliphatic heterocycles. The first kappa shape index (κ1) is 16.1. The maximum Gasteiger partial charge on any atom is 0.275 e. The molecule has 0 fully saturated rings. The number of anilines is 1. The van der Waals surface area contributed by atoms with Gasteiger partial charge < -0.3 is 5.11 Å². The lowest BCUT2D eigenvalue weighted by atomic mass is 10.1. The van der Waals surface area contributed by atoms with Gasteiger partial charge in [0.15, 0.2) is 0 Å². The van der Waals surface area contributed by atoms with Gasteiger partial charge in [0.1, 0.15) is 16.5 Å². The molecule has 7 nitrogen and oxygen atoms in total. The van der Waals surface area contributed by atoms with Crippen LogP contribution < -0.4 is 5.32 Å². The molecule has 0 bridgehead atoms. The predicted molar refractivity (Wildman–Crippen MR) is 92.4 cm³/mol. The Morgan fingerprint density at radius 1 is 1.29 bits per heavy atom. The largest absolute Gasteiger partial charge is 0.507 e. The summed E-state index contributed by atoms with van der Waals surface area (Å²) in [5.74, 6) is 0.0300. The number of phenols is 1. The Morgan fingerprint density at radius 2 is 2.08 bits per heavy atom. The van der Waals surface area contributed by atoms with E-state index in [1.165, 1.54) is 11.3 Å². The molecule has 0 aliphatic carbocycles. The molecule has 2 heterocycles. The third-order valence-corrected chi connectivity index (χ3v) is 4.55. The van der Waals surface area contributed by atoms with Gasteiger partial charge in [-0.15, -0.1) is 10.2 Å². The van der Waals surface area contributed by atoms with Crippen LogP contribution in [-0.2, 0) is 0 Å². The van der Waals surface area contributed by atoms with Gasteiger partial charge in [0, 0.05) is 11.5 Å². The monoisotopic (exact) mass is 343 g/mol. The number of H-pyrrole nitrogens is 1. The Labute approximate surface area is 142 Å². The van der Waals surface area contributed by atoms with Gasteiger partial charge in [0.2, 0.25) is 5.13 Å². The topological polar surface area (TPSA) is 104 Å². The molecule has 1 amide bonds. The van der Waals surface area contributed by atoms with Crippen molar-refractivity contribution < 1.29 is 9.90 Å². The van der Waals surface area contributed by atoms with E-state index in [2.05, 4.69) is 25.7 Å². The number of benzene rings is 1. The smallest absolute Gasteiger partial charge is 0.275 e. The van der Waals surface area contributed by atoms with E-state index in [0.717, 1.165) is 10.6 Å². The Bertz CT molecular complexity index is 884. The molecular formula is C16H17N5O2S. The van der Waals surface area contributed by atoms with Crippen LogP contribution in [-0.4, -0.2) is 31.4 Å². The fourth-order valence-corrected chi connectivity index (χ4v) is 2.86. The number of carbonyl (C=O) groups excluding carboxylic acids is 1. The van der Waals surface area contributed by atoms with Crippen LogP contribution in [0.3, 0.4) is 0 Å². The summed E-state index contributed by atoms with van der Waals surface area (Å²) in [6, 6.07) is 6.88. The summed E-state index contributed by atoms with van der Waals surface area (Å²) in [6.07, 6.45) is 0. The van der Waals surface area contributed by atoms with Crippen molar-refractivity contribution >= 4 is 22.4 Å². The number of rotatable bonds is 4. The van der Waals surface area contributed by atoms with Crippen molar-refractivity contribution in [2.45, 2.75) is 26.7 Å². The number of phenolic OH excluding ortho intramolecular Hbond substituents is 1. The molecule has 0 radical (unpaired) electrons. The van der Waals surface area contributed by atoms with Gasteiger partial charge in [-0.3, -0.25) is 15.2 Å². The first-order valence-corrected chi connectivity index (χ1v) is 8.26. The lowest BCUT2D eigenvalue weighted by Crippen LogP contribution is -2.12. The molecule has 8 heteroatoms. The van der Waals surface area contributed by atoms with E-state index in [9.17, 15) is 9.90 Å². The fraction of sp³-hybridized carbons (Fsp3) is 0.250. The Kier molecular flexibility index (Phi) is 4.30. The van der Waals surface area contributed by atoms with Gasteiger partial charge >= 0.3 is 0 Å². The van der Waals surface area contributed by atoms with Crippen molar-refractivity contribution in [2.75, 3.05) is 5.32 Å². The quantitative estimate of drug-likeness (QED) is 0.674. The van der Waals surface area contributed by atoms with Gasteiger partial charge in [-0.25, -0.2) is 0 Å². The molecule has 3 rings (SSSR count). The zero-order valence-electron chi connectivity index (χ0n) is 13.5. The zero-order valence-corrected chi connectivity index (χ0v) is 14.3. The van der Waals surface area contributed by atoms with E-state index in [4.69, 9.17) is 0 Å². The highest BCUT2D eigenvalue weighted by atomic mass is 32.1. The van der Waals surface area contributed by atoms with E-state index in [0.29, 0.717) is 16.4 Å². The second-order valence-electron chi connectivity index (χ2n) is 5.74. The number of hydrogen-bond acceptors (Lipinski definition) is 6. The highest BCUT2D eigenvalue weighted by Gasteiger charge is 2.16. The maximum absolute atomic E-state index is 12.3. The van der Waals surface area contributed by atoms with E-state index in [1.54, 1.807) is 18.2 Å². The Balaban J connectivity index is 1.78. The van der Waals surface area contributed by atoms with Crippen molar-refractivity contribution in [1.82, 2.24) is 20.4 Å². The van der Waals surface area contributed by atoms with Crippen LogP contribution in [0.2, 0.25) is 0 Å². The van der Waals surface area contributed by atoms with Crippen LogP contribution in [0.4, 0.5) is 5.13 Å². The SMILES string of the molecule is Cc1ccc(-c2cc(C(=O)Nc3nnc(C(C)C)s3)[nH]n2)c(O)c1.